The molecular weight excluding hydrogens is 298 g/mol. The zero-order valence-corrected chi connectivity index (χ0v) is 13.7. The van der Waals surface area contributed by atoms with E-state index in [1.54, 1.807) is 0 Å². The molecule has 2 aromatic rings. The highest BCUT2D eigenvalue weighted by atomic mass is 32.2. The molecule has 0 radical (unpaired) electrons. The first-order valence-electron chi connectivity index (χ1n) is 7.48. The maximum Gasteiger partial charge on any atom is 0.220 e. The Hall–Kier alpha value is -1.57. The van der Waals surface area contributed by atoms with E-state index in [0.717, 1.165) is 54.8 Å². The number of aromatic nitrogens is 2. The van der Waals surface area contributed by atoms with Gasteiger partial charge in [-0.3, -0.25) is 14.7 Å². The van der Waals surface area contributed by atoms with Crippen molar-refractivity contribution in [3.05, 3.63) is 30.1 Å². The molecule has 2 rings (SSSR count). The van der Waals surface area contributed by atoms with E-state index in [4.69, 9.17) is 5.14 Å². The van der Waals surface area contributed by atoms with E-state index in [0.29, 0.717) is 13.0 Å². The standard InChI is InChI=1S/C15H23N5OS/c1-20-13-8-5-4-7-12(13)19-14(20)11-17-15(21)9-3-2-6-10-18-22-16/h4-5,7-8,18H,2-3,6,9-11,16H2,1H3,(H,17,21). The maximum absolute atomic E-state index is 11.8. The van der Waals surface area contributed by atoms with Gasteiger partial charge < -0.3 is 9.88 Å². The predicted octanol–water partition coefficient (Wildman–Crippen LogP) is 1.86. The number of fused-ring (bicyclic) bond motifs is 1. The Morgan fingerprint density at radius 1 is 1.32 bits per heavy atom. The first kappa shape index (κ1) is 16.8. The molecule has 1 heterocycles. The maximum atomic E-state index is 11.8. The second kappa shape index (κ2) is 8.77. The minimum absolute atomic E-state index is 0.0771. The summed E-state index contributed by atoms with van der Waals surface area (Å²) in [5.74, 6) is 0.951. The highest BCUT2D eigenvalue weighted by Crippen LogP contribution is 2.13. The molecule has 6 nitrogen and oxygen atoms in total. The van der Waals surface area contributed by atoms with Crippen LogP contribution in [0.1, 0.15) is 31.5 Å². The van der Waals surface area contributed by atoms with Gasteiger partial charge in [-0.1, -0.05) is 18.6 Å². The van der Waals surface area contributed by atoms with Gasteiger partial charge in [-0.25, -0.2) is 4.98 Å². The van der Waals surface area contributed by atoms with E-state index in [2.05, 4.69) is 15.0 Å². The summed E-state index contributed by atoms with van der Waals surface area (Å²) in [6, 6.07) is 7.97. The molecule has 4 N–H and O–H groups in total. The number of rotatable bonds is 9. The van der Waals surface area contributed by atoms with Crippen LogP contribution in [0.4, 0.5) is 0 Å². The molecule has 0 unspecified atom stereocenters. The van der Waals surface area contributed by atoms with Crippen LogP contribution in [0.5, 0.6) is 0 Å². The van der Waals surface area contributed by atoms with Gasteiger partial charge in [-0.15, -0.1) is 0 Å². The van der Waals surface area contributed by atoms with Crippen molar-refractivity contribution >= 4 is 29.1 Å². The van der Waals surface area contributed by atoms with Gasteiger partial charge in [-0.2, -0.15) is 0 Å². The monoisotopic (exact) mass is 321 g/mol. The molecule has 0 saturated carbocycles. The van der Waals surface area contributed by atoms with Crippen LogP contribution in [0.3, 0.4) is 0 Å². The van der Waals surface area contributed by atoms with Gasteiger partial charge in [0.15, 0.2) is 0 Å². The van der Waals surface area contributed by atoms with Crippen LogP contribution >= 0.6 is 12.1 Å². The lowest BCUT2D eigenvalue weighted by Crippen LogP contribution is -2.24. The third kappa shape index (κ3) is 4.72. The number of nitrogens with zero attached hydrogens (tertiary/aromatic N) is 2. The average Bonchev–Trinajstić information content (AvgIpc) is 2.85. The van der Waals surface area contributed by atoms with Gasteiger partial charge in [0.05, 0.1) is 17.6 Å². The fraction of sp³-hybridized carbons (Fsp3) is 0.467. The number of para-hydroxylation sites is 2. The van der Waals surface area contributed by atoms with Gasteiger partial charge >= 0.3 is 0 Å². The molecule has 0 fully saturated rings. The van der Waals surface area contributed by atoms with Crippen LogP contribution < -0.4 is 15.2 Å². The first-order valence-corrected chi connectivity index (χ1v) is 8.36. The van der Waals surface area contributed by atoms with Gasteiger partial charge in [-0.05, 0) is 25.0 Å². The largest absolute Gasteiger partial charge is 0.349 e. The van der Waals surface area contributed by atoms with Crippen molar-refractivity contribution < 1.29 is 4.79 Å². The summed E-state index contributed by atoms with van der Waals surface area (Å²) in [4.78, 5) is 16.4. The summed E-state index contributed by atoms with van der Waals surface area (Å²) in [6.45, 7) is 1.35. The number of imidazole rings is 1. The molecule has 120 valence electrons. The molecule has 0 atom stereocenters. The van der Waals surface area contributed by atoms with Crippen molar-refractivity contribution in [2.75, 3.05) is 6.54 Å². The van der Waals surface area contributed by atoms with Crippen molar-refractivity contribution in [2.24, 2.45) is 12.2 Å². The predicted molar refractivity (Wildman–Crippen MR) is 90.8 cm³/mol. The molecule has 7 heteroatoms. The van der Waals surface area contributed by atoms with Crippen LogP contribution in [0, 0.1) is 0 Å². The highest BCUT2D eigenvalue weighted by molar-refractivity contribution is 7.95. The Morgan fingerprint density at radius 3 is 2.91 bits per heavy atom. The summed E-state index contributed by atoms with van der Waals surface area (Å²) in [5, 5.41) is 8.20. The molecule has 1 amide bonds. The number of hydrogen-bond acceptors (Lipinski definition) is 5. The summed E-state index contributed by atoms with van der Waals surface area (Å²) < 4.78 is 5.00. The molecule has 1 aromatic carbocycles. The van der Waals surface area contributed by atoms with Crippen molar-refractivity contribution in [3.63, 3.8) is 0 Å². The molecular formula is C15H23N5OS. The van der Waals surface area contributed by atoms with Crippen LogP contribution in [0.25, 0.3) is 11.0 Å². The SMILES string of the molecule is Cn1c(CNC(=O)CCCCCNSN)nc2ccccc21. The number of nitrogens with one attached hydrogen (secondary N) is 2. The Bertz CT molecular complexity index is 613. The molecule has 0 spiro atoms. The van der Waals surface area contributed by atoms with E-state index in [-0.39, 0.29) is 5.91 Å². The minimum atomic E-state index is 0.0771. The molecule has 0 aliphatic rings. The van der Waals surface area contributed by atoms with Gasteiger partial charge in [0, 0.05) is 32.1 Å². The normalized spacial score (nSPS) is 11.0. The van der Waals surface area contributed by atoms with Crippen molar-refractivity contribution in [2.45, 2.75) is 32.2 Å². The number of amides is 1. The zero-order valence-electron chi connectivity index (χ0n) is 12.8. The van der Waals surface area contributed by atoms with E-state index in [9.17, 15) is 4.79 Å². The number of benzene rings is 1. The van der Waals surface area contributed by atoms with Crippen molar-refractivity contribution in [3.8, 4) is 0 Å². The topological polar surface area (TPSA) is 85.0 Å². The van der Waals surface area contributed by atoms with Crippen LogP contribution in [-0.2, 0) is 18.4 Å². The third-order valence-electron chi connectivity index (χ3n) is 3.59. The second-order valence-electron chi connectivity index (χ2n) is 5.18. The number of nitrogens with two attached hydrogens (primary N) is 1. The fourth-order valence-electron chi connectivity index (χ4n) is 2.34. The molecule has 0 saturated heterocycles. The molecule has 0 bridgehead atoms. The van der Waals surface area contributed by atoms with Crippen LogP contribution in [-0.4, -0.2) is 22.0 Å². The van der Waals surface area contributed by atoms with Crippen LogP contribution in [0.15, 0.2) is 24.3 Å². The summed E-state index contributed by atoms with van der Waals surface area (Å²) in [7, 11) is 1.97. The number of carbonyl (C=O) groups is 1. The Morgan fingerprint density at radius 2 is 2.14 bits per heavy atom. The van der Waals surface area contributed by atoms with E-state index >= 15 is 0 Å². The van der Waals surface area contributed by atoms with E-state index < -0.39 is 0 Å². The minimum Gasteiger partial charge on any atom is -0.349 e. The van der Waals surface area contributed by atoms with Gasteiger partial charge in [0.1, 0.15) is 5.82 Å². The summed E-state index contributed by atoms with van der Waals surface area (Å²) >= 11 is 1.14. The Balaban J connectivity index is 1.72. The Labute approximate surface area is 135 Å². The lowest BCUT2D eigenvalue weighted by molar-refractivity contribution is -0.121. The average molecular weight is 321 g/mol. The van der Waals surface area contributed by atoms with Crippen LogP contribution in [0.2, 0.25) is 0 Å². The quantitative estimate of drug-likeness (QED) is 0.485. The highest BCUT2D eigenvalue weighted by Gasteiger charge is 2.08. The first-order chi connectivity index (χ1) is 10.7. The smallest absolute Gasteiger partial charge is 0.220 e. The fourth-order valence-corrected chi connectivity index (χ4v) is 2.60. The molecule has 0 aliphatic heterocycles. The van der Waals surface area contributed by atoms with E-state index in [1.165, 1.54) is 0 Å². The van der Waals surface area contributed by atoms with Gasteiger partial charge in [0.25, 0.3) is 0 Å². The van der Waals surface area contributed by atoms with Crippen molar-refractivity contribution in [1.29, 1.82) is 0 Å². The molecule has 0 aliphatic carbocycles. The second-order valence-corrected chi connectivity index (χ2v) is 5.70. The number of aryl methyl sites for hydroxylation is 1. The van der Waals surface area contributed by atoms with Gasteiger partial charge in [0.2, 0.25) is 5.91 Å². The summed E-state index contributed by atoms with van der Waals surface area (Å²) in [6.07, 6.45) is 3.50. The molecule has 22 heavy (non-hydrogen) atoms. The number of hydrogen-bond donors (Lipinski definition) is 3. The third-order valence-corrected chi connectivity index (χ3v) is 3.96. The lowest BCUT2D eigenvalue weighted by atomic mass is 10.2. The number of unbranched alkanes of at least 4 members (excludes halogenated alkanes) is 2. The van der Waals surface area contributed by atoms with Crippen molar-refractivity contribution in [1.82, 2.24) is 19.6 Å². The number of carbonyl (C=O) groups excluding carboxylic acids is 1. The Kier molecular flexibility index (Phi) is 6.70. The molecule has 1 aromatic heterocycles. The zero-order chi connectivity index (χ0) is 15.8. The lowest BCUT2D eigenvalue weighted by Gasteiger charge is -2.06. The summed E-state index contributed by atoms with van der Waals surface area (Å²) in [5.41, 5.74) is 2.04. The van der Waals surface area contributed by atoms with E-state index in [1.807, 2.05) is 35.9 Å².